The van der Waals surface area contributed by atoms with Crippen molar-refractivity contribution in [2.45, 2.75) is 39.5 Å². The minimum Gasteiger partial charge on any atom is -0.464 e. The monoisotopic (exact) mass is 376 g/mol. The lowest BCUT2D eigenvalue weighted by Gasteiger charge is -2.10. The van der Waals surface area contributed by atoms with Crippen molar-refractivity contribution in [2.24, 2.45) is 0 Å². The third kappa shape index (κ3) is 3.50. The number of carbonyl (C=O) groups excluding carboxylic acids is 1. The van der Waals surface area contributed by atoms with Crippen molar-refractivity contribution in [1.29, 1.82) is 0 Å². The van der Waals surface area contributed by atoms with Gasteiger partial charge in [0, 0.05) is 30.1 Å². The molecule has 28 heavy (non-hydrogen) atoms. The third-order valence-electron chi connectivity index (χ3n) is 5.07. The summed E-state index contributed by atoms with van der Waals surface area (Å²) in [6.07, 6.45) is 4.55. The zero-order chi connectivity index (χ0) is 19.7. The highest BCUT2D eigenvalue weighted by atomic mass is 16.3. The van der Waals surface area contributed by atoms with E-state index in [1.807, 2.05) is 28.8 Å². The second-order valence-electron chi connectivity index (χ2n) is 7.44. The topological polar surface area (TPSA) is 72.4 Å². The first-order valence-electron chi connectivity index (χ1n) is 9.59. The van der Waals surface area contributed by atoms with Gasteiger partial charge in [-0.15, -0.1) is 10.2 Å². The molecule has 4 rings (SSSR count). The van der Waals surface area contributed by atoms with Crippen LogP contribution >= 0.6 is 0 Å². The minimum atomic E-state index is -0.0248. The van der Waals surface area contributed by atoms with Gasteiger partial charge < -0.3 is 9.73 Å². The number of nitrogens with zero attached hydrogens (tertiary/aromatic N) is 3. The molecule has 0 aliphatic heterocycles. The molecule has 0 bridgehead atoms. The van der Waals surface area contributed by atoms with Gasteiger partial charge in [0.05, 0.1) is 12.7 Å². The number of benzene rings is 1. The number of aryl methyl sites for hydroxylation is 1. The first-order valence-corrected chi connectivity index (χ1v) is 9.59. The molecular formula is C22H24N4O2. The molecule has 0 spiro atoms. The Morgan fingerprint density at radius 1 is 1.25 bits per heavy atom. The largest absolute Gasteiger partial charge is 0.464 e. The van der Waals surface area contributed by atoms with Crippen LogP contribution in [0.3, 0.4) is 0 Å². The normalized spacial score (nSPS) is 11.6. The van der Waals surface area contributed by atoms with Gasteiger partial charge in [0.1, 0.15) is 11.4 Å². The van der Waals surface area contributed by atoms with Gasteiger partial charge in [-0.05, 0) is 48.2 Å². The third-order valence-corrected chi connectivity index (χ3v) is 5.07. The lowest BCUT2D eigenvalue weighted by Crippen LogP contribution is -2.27. The Labute approximate surface area is 163 Å². The molecule has 0 fully saturated rings. The molecule has 4 aromatic rings. The number of hydrogen-bond acceptors (Lipinski definition) is 4. The van der Waals surface area contributed by atoms with Crippen molar-refractivity contribution in [2.75, 3.05) is 6.54 Å². The smallest absolute Gasteiger partial charge is 0.224 e. The molecule has 1 N–H and O–H groups in total. The maximum Gasteiger partial charge on any atom is 0.224 e. The summed E-state index contributed by atoms with van der Waals surface area (Å²) in [7, 11) is 0. The number of carbonyl (C=O) groups is 1. The molecule has 3 heterocycles. The van der Waals surface area contributed by atoms with Gasteiger partial charge in [0.15, 0.2) is 5.65 Å². The summed E-state index contributed by atoms with van der Waals surface area (Å²) >= 11 is 0. The van der Waals surface area contributed by atoms with E-state index in [4.69, 9.17) is 4.42 Å². The molecule has 0 atom stereocenters. The lowest BCUT2D eigenvalue weighted by atomic mass is 9.95. The standard InChI is InChI=1S/C22H24N4O2/c1-14(2)17-12-18-16(13-28-19(18)10-15(17)3)11-22(27)23-8-7-21-25-24-20-6-4-5-9-26(20)21/h4-6,9-10,12-14H,7-8,11H2,1-3H3,(H,23,27). The number of furan rings is 1. The van der Waals surface area contributed by atoms with Crippen LogP contribution in [0.5, 0.6) is 0 Å². The second-order valence-corrected chi connectivity index (χ2v) is 7.44. The van der Waals surface area contributed by atoms with Crippen molar-refractivity contribution >= 4 is 22.5 Å². The molecule has 1 amide bonds. The molecule has 3 aromatic heterocycles. The highest BCUT2D eigenvalue weighted by Gasteiger charge is 2.14. The number of amides is 1. The van der Waals surface area contributed by atoms with Crippen LogP contribution in [-0.4, -0.2) is 27.0 Å². The Kier molecular flexibility index (Phi) is 4.86. The fourth-order valence-corrected chi connectivity index (χ4v) is 3.61. The van der Waals surface area contributed by atoms with Gasteiger partial charge in [0.2, 0.25) is 5.91 Å². The zero-order valence-electron chi connectivity index (χ0n) is 16.4. The van der Waals surface area contributed by atoms with E-state index in [1.54, 1.807) is 6.26 Å². The summed E-state index contributed by atoms with van der Waals surface area (Å²) < 4.78 is 7.61. The van der Waals surface area contributed by atoms with Gasteiger partial charge >= 0.3 is 0 Å². The Balaban J connectivity index is 1.42. The first kappa shape index (κ1) is 18.2. The minimum absolute atomic E-state index is 0.0248. The summed E-state index contributed by atoms with van der Waals surface area (Å²) in [5.74, 6) is 1.24. The van der Waals surface area contributed by atoms with Gasteiger partial charge in [-0.3, -0.25) is 9.20 Å². The van der Waals surface area contributed by atoms with Crippen molar-refractivity contribution < 1.29 is 9.21 Å². The van der Waals surface area contributed by atoms with E-state index >= 15 is 0 Å². The Hall–Kier alpha value is -3.15. The SMILES string of the molecule is Cc1cc2occ(CC(=O)NCCc3nnc4ccccn34)c2cc1C(C)C. The van der Waals surface area contributed by atoms with Gasteiger partial charge in [0.25, 0.3) is 0 Å². The van der Waals surface area contributed by atoms with Crippen LogP contribution < -0.4 is 5.32 Å². The van der Waals surface area contributed by atoms with E-state index in [2.05, 4.69) is 48.4 Å². The Bertz CT molecular complexity index is 1140. The molecule has 0 radical (unpaired) electrons. The quantitative estimate of drug-likeness (QED) is 0.555. The lowest BCUT2D eigenvalue weighted by molar-refractivity contribution is -0.120. The summed E-state index contributed by atoms with van der Waals surface area (Å²) in [6, 6.07) is 9.99. The van der Waals surface area contributed by atoms with E-state index in [0.29, 0.717) is 25.3 Å². The molecule has 0 aliphatic rings. The van der Waals surface area contributed by atoms with Crippen LogP contribution in [0, 0.1) is 6.92 Å². The number of nitrogens with one attached hydrogen (secondary N) is 1. The van der Waals surface area contributed by atoms with Gasteiger partial charge in [-0.2, -0.15) is 0 Å². The Morgan fingerprint density at radius 3 is 2.93 bits per heavy atom. The summed E-state index contributed by atoms with van der Waals surface area (Å²) in [6.45, 7) is 6.96. The number of hydrogen-bond donors (Lipinski definition) is 1. The van der Waals surface area contributed by atoms with E-state index < -0.39 is 0 Å². The second kappa shape index (κ2) is 7.46. The maximum absolute atomic E-state index is 12.4. The van der Waals surface area contributed by atoms with E-state index in [1.165, 1.54) is 11.1 Å². The highest BCUT2D eigenvalue weighted by molar-refractivity contribution is 5.88. The van der Waals surface area contributed by atoms with E-state index in [0.717, 1.165) is 28.0 Å². The molecule has 1 aromatic carbocycles. The van der Waals surface area contributed by atoms with Crippen molar-refractivity contribution in [3.63, 3.8) is 0 Å². The number of rotatable bonds is 6. The molecule has 6 heteroatoms. The van der Waals surface area contributed by atoms with Crippen LogP contribution in [-0.2, 0) is 17.6 Å². The highest BCUT2D eigenvalue weighted by Crippen LogP contribution is 2.29. The molecular weight excluding hydrogens is 352 g/mol. The molecule has 144 valence electrons. The van der Waals surface area contributed by atoms with E-state index in [-0.39, 0.29) is 5.91 Å². The van der Waals surface area contributed by atoms with Crippen molar-refractivity contribution in [3.8, 4) is 0 Å². The number of fused-ring (bicyclic) bond motifs is 2. The fraction of sp³-hybridized carbons (Fsp3) is 0.318. The van der Waals surface area contributed by atoms with Gasteiger partial charge in [-0.1, -0.05) is 19.9 Å². The van der Waals surface area contributed by atoms with Crippen LogP contribution in [0.25, 0.3) is 16.6 Å². The number of pyridine rings is 1. The molecule has 6 nitrogen and oxygen atoms in total. The molecule has 0 saturated carbocycles. The number of aromatic nitrogens is 3. The van der Waals surface area contributed by atoms with Crippen molar-refractivity contribution in [3.05, 3.63) is 65.3 Å². The average Bonchev–Trinajstić information content (AvgIpc) is 3.25. The predicted octanol–water partition coefficient (Wildman–Crippen LogP) is 3.81. The van der Waals surface area contributed by atoms with Gasteiger partial charge in [-0.25, -0.2) is 0 Å². The van der Waals surface area contributed by atoms with Crippen LogP contribution in [0.1, 0.15) is 42.3 Å². The first-order chi connectivity index (χ1) is 13.5. The molecule has 0 unspecified atom stereocenters. The fourth-order valence-electron chi connectivity index (χ4n) is 3.61. The maximum atomic E-state index is 12.4. The summed E-state index contributed by atoms with van der Waals surface area (Å²) in [5, 5.41) is 12.3. The van der Waals surface area contributed by atoms with Crippen molar-refractivity contribution in [1.82, 2.24) is 19.9 Å². The van der Waals surface area contributed by atoms with Crippen LogP contribution in [0.4, 0.5) is 0 Å². The predicted molar refractivity (Wildman–Crippen MR) is 108 cm³/mol. The zero-order valence-corrected chi connectivity index (χ0v) is 16.4. The summed E-state index contributed by atoms with van der Waals surface area (Å²) in [4.78, 5) is 12.4. The molecule has 0 saturated heterocycles. The van der Waals surface area contributed by atoms with E-state index in [9.17, 15) is 4.79 Å². The van der Waals surface area contributed by atoms with Crippen LogP contribution in [0.2, 0.25) is 0 Å². The Morgan fingerprint density at radius 2 is 2.11 bits per heavy atom. The molecule has 0 aliphatic carbocycles. The average molecular weight is 376 g/mol. The summed E-state index contributed by atoms with van der Waals surface area (Å²) in [5.41, 5.74) is 5.06. The van der Waals surface area contributed by atoms with Crippen LogP contribution in [0.15, 0.2) is 47.2 Å².